The molecule has 8 heteroatoms. The van der Waals surface area contributed by atoms with E-state index in [0.29, 0.717) is 31.0 Å². The molecule has 3 heterocycles. The number of ether oxygens (including phenoxy) is 1. The van der Waals surface area contributed by atoms with Crippen molar-refractivity contribution in [3.05, 3.63) is 56.5 Å². The zero-order valence-electron chi connectivity index (χ0n) is 13.4. The van der Waals surface area contributed by atoms with E-state index >= 15 is 0 Å². The van der Waals surface area contributed by atoms with Crippen LogP contribution >= 0.6 is 0 Å². The Labute approximate surface area is 137 Å². The van der Waals surface area contributed by atoms with Crippen LogP contribution in [0, 0.1) is 6.92 Å². The van der Waals surface area contributed by atoms with E-state index in [2.05, 4.69) is 5.10 Å². The molecule has 1 aliphatic rings. The van der Waals surface area contributed by atoms with Crippen molar-refractivity contribution in [3.8, 4) is 5.75 Å². The third kappa shape index (κ3) is 3.37. The van der Waals surface area contributed by atoms with Gasteiger partial charge in [0, 0.05) is 32.1 Å². The molecule has 0 aliphatic carbocycles. The number of nitrogens with zero attached hydrogens (tertiary/aromatic N) is 3. The molecular formula is C16H17N3O5. The van der Waals surface area contributed by atoms with E-state index in [-0.39, 0.29) is 23.3 Å². The van der Waals surface area contributed by atoms with Crippen molar-refractivity contribution in [2.75, 3.05) is 13.1 Å². The molecule has 1 unspecified atom stereocenters. The summed E-state index contributed by atoms with van der Waals surface area (Å²) in [5.74, 6) is 0.654. The van der Waals surface area contributed by atoms with Crippen molar-refractivity contribution < 1.29 is 13.9 Å². The van der Waals surface area contributed by atoms with Crippen LogP contribution in [0.3, 0.4) is 0 Å². The number of hydrogen-bond acceptors (Lipinski definition) is 6. The molecule has 24 heavy (non-hydrogen) atoms. The zero-order valence-corrected chi connectivity index (χ0v) is 13.4. The van der Waals surface area contributed by atoms with E-state index in [4.69, 9.17) is 9.15 Å². The van der Waals surface area contributed by atoms with Crippen LogP contribution in [-0.4, -0.2) is 39.8 Å². The lowest BCUT2D eigenvalue weighted by Gasteiger charge is -2.17. The maximum atomic E-state index is 12.4. The summed E-state index contributed by atoms with van der Waals surface area (Å²) in [6, 6.07) is 5.66. The van der Waals surface area contributed by atoms with Gasteiger partial charge in [-0.05, 0) is 13.0 Å². The summed E-state index contributed by atoms with van der Waals surface area (Å²) in [7, 11) is 1.50. The third-order valence-electron chi connectivity index (χ3n) is 3.78. The summed E-state index contributed by atoms with van der Waals surface area (Å²) in [4.78, 5) is 36.8. The first kappa shape index (κ1) is 16.0. The summed E-state index contributed by atoms with van der Waals surface area (Å²) >= 11 is 0. The standard InChI is InChI=1S/C16H17N3O5/c1-10-7-12(8-15(21)23-10)24-11-5-6-19(9-11)16(22)13-3-4-14(20)18(2)17-13/h3-4,7-8,11H,5-6,9H2,1-2H3. The first-order chi connectivity index (χ1) is 11.4. The van der Waals surface area contributed by atoms with E-state index in [9.17, 15) is 14.4 Å². The third-order valence-corrected chi connectivity index (χ3v) is 3.78. The van der Waals surface area contributed by atoms with Crippen molar-refractivity contribution >= 4 is 5.91 Å². The monoisotopic (exact) mass is 331 g/mol. The van der Waals surface area contributed by atoms with Gasteiger partial charge in [0.1, 0.15) is 23.3 Å². The van der Waals surface area contributed by atoms with Gasteiger partial charge in [-0.3, -0.25) is 9.59 Å². The molecule has 0 radical (unpaired) electrons. The van der Waals surface area contributed by atoms with E-state index in [0.717, 1.165) is 4.68 Å². The van der Waals surface area contributed by atoms with Crippen molar-refractivity contribution in [1.82, 2.24) is 14.7 Å². The fraction of sp³-hybridized carbons (Fsp3) is 0.375. The minimum absolute atomic E-state index is 0.206. The molecule has 0 saturated carbocycles. The van der Waals surface area contributed by atoms with Gasteiger partial charge in [0.2, 0.25) is 0 Å². The molecule has 1 fully saturated rings. The number of carbonyl (C=O) groups excluding carboxylic acids is 1. The molecule has 0 N–H and O–H groups in total. The van der Waals surface area contributed by atoms with Gasteiger partial charge in [0.15, 0.2) is 0 Å². The highest BCUT2D eigenvalue weighted by atomic mass is 16.5. The normalized spacial score (nSPS) is 17.1. The van der Waals surface area contributed by atoms with Crippen molar-refractivity contribution in [1.29, 1.82) is 0 Å². The van der Waals surface area contributed by atoms with E-state index in [1.807, 2.05) is 0 Å². The molecule has 1 atom stereocenters. The molecule has 126 valence electrons. The summed E-state index contributed by atoms with van der Waals surface area (Å²) in [6.07, 6.45) is 0.444. The van der Waals surface area contributed by atoms with Crippen molar-refractivity contribution in [3.63, 3.8) is 0 Å². The second-order valence-electron chi connectivity index (χ2n) is 5.68. The van der Waals surface area contributed by atoms with E-state index in [1.165, 1.54) is 25.2 Å². The van der Waals surface area contributed by atoms with Crippen LogP contribution in [0.4, 0.5) is 0 Å². The Balaban J connectivity index is 1.68. The lowest BCUT2D eigenvalue weighted by molar-refractivity contribution is 0.0763. The smallest absolute Gasteiger partial charge is 0.339 e. The number of amides is 1. The SMILES string of the molecule is Cc1cc(OC2CCN(C(=O)c3ccc(=O)n(C)n3)C2)cc(=O)o1. The Morgan fingerprint density at radius 1 is 1.33 bits per heavy atom. The lowest BCUT2D eigenvalue weighted by Crippen LogP contribution is -2.33. The van der Waals surface area contributed by atoms with Gasteiger partial charge >= 0.3 is 5.63 Å². The maximum absolute atomic E-state index is 12.4. The predicted molar refractivity (Wildman–Crippen MR) is 84.1 cm³/mol. The van der Waals surface area contributed by atoms with Crippen LogP contribution in [0.25, 0.3) is 0 Å². The number of likely N-dealkylation sites (tertiary alicyclic amines) is 1. The van der Waals surface area contributed by atoms with Crippen LogP contribution in [-0.2, 0) is 7.05 Å². The second-order valence-corrected chi connectivity index (χ2v) is 5.68. The molecule has 8 nitrogen and oxygen atoms in total. The Bertz CT molecular complexity index is 886. The minimum Gasteiger partial charge on any atom is -0.488 e. The second kappa shape index (κ2) is 6.31. The highest BCUT2D eigenvalue weighted by Crippen LogP contribution is 2.19. The predicted octanol–water partition coefficient (Wildman–Crippen LogP) is 0.335. The number of aromatic nitrogens is 2. The van der Waals surface area contributed by atoms with E-state index in [1.54, 1.807) is 17.9 Å². The maximum Gasteiger partial charge on any atom is 0.339 e. The average Bonchev–Trinajstić information content (AvgIpc) is 2.96. The first-order valence-electron chi connectivity index (χ1n) is 7.54. The van der Waals surface area contributed by atoms with Crippen LogP contribution in [0.5, 0.6) is 5.75 Å². The molecule has 1 saturated heterocycles. The van der Waals surface area contributed by atoms with Gasteiger partial charge in [-0.25, -0.2) is 9.48 Å². The van der Waals surface area contributed by atoms with Gasteiger partial charge < -0.3 is 14.1 Å². The molecule has 0 spiro atoms. The van der Waals surface area contributed by atoms with Gasteiger partial charge in [0.05, 0.1) is 12.6 Å². The molecule has 2 aromatic rings. The molecule has 2 aromatic heterocycles. The molecule has 1 amide bonds. The van der Waals surface area contributed by atoms with Gasteiger partial charge in [-0.1, -0.05) is 0 Å². The molecule has 0 bridgehead atoms. The van der Waals surface area contributed by atoms with Crippen LogP contribution in [0.15, 0.2) is 38.3 Å². The van der Waals surface area contributed by atoms with E-state index < -0.39 is 5.63 Å². The Hall–Kier alpha value is -2.90. The molecule has 1 aliphatic heterocycles. The summed E-state index contributed by atoms with van der Waals surface area (Å²) in [5.41, 5.74) is -0.522. The van der Waals surface area contributed by atoms with Gasteiger partial charge in [-0.2, -0.15) is 5.10 Å². The summed E-state index contributed by atoms with van der Waals surface area (Å²) in [5, 5.41) is 3.97. The Kier molecular flexibility index (Phi) is 4.20. The molecule has 0 aromatic carbocycles. The van der Waals surface area contributed by atoms with Crippen LogP contribution in [0.2, 0.25) is 0 Å². The first-order valence-corrected chi connectivity index (χ1v) is 7.54. The Morgan fingerprint density at radius 3 is 2.83 bits per heavy atom. The van der Waals surface area contributed by atoms with Crippen LogP contribution < -0.4 is 15.9 Å². The molecular weight excluding hydrogens is 314 g/mol. The van der Waals surface area contributed by atoms with Crippen LogP contribution in [0.1, 0.15) is 22.7 Å². The highest BCUT2D eigenvalue weighted by molar-refractivity contribution is 5.92. The number of rotatable bonds is 3. The van der Waals surface area contributed by atoms with Crippen molar-refractivity contribution in [2.24, 2.45) is 7.05 Å². The van der Waals surface area contributed by atoms with Gasteiger partial charge in [0.25, 0.3) is 11.5 Å². The minimum atomic E-state index is -0.467. The molecule has 3 rings (SSSR count). The average molecular weight is 331 g/mol. The summed E-state index contributed by atoms with van der Waals surface area (Å²) < 4.78 is 11.8. The summed E-state index contributed by atoms with van der Waals surface area (Å²) in [6.45, 7) is 2.58. The Morgan fingerprint density at radius 2 is 2.12 bits per heavy atom. The number of hydrogen-bond donors (Lipinski definition) is 0. The lowest BCUT2D eigenvalue weighted by atomic mass is 10.3. The number of aryl methyl sites for hydroxylation is 2. The zero-order chi connectivity index (χ0) is 17.3. The van der Waals surface area contributed by atoms with Crippen molar-refractivity contribution in [2.45, 2.75) is 19.4 Å². The fourth-order valence-electron chi connectivity index (χ4n) is 2.62. The fourth-order valence-corrected chi connectivity index (χ4v) is 2.62. The van der Waals surface area contributed by atoms with Gasteiger partial charge in [-0.15, -0.1) is 0 Å². The quantitative estimate of drug-likeness (QED) is 0.805. The largest absolute Gasteiger partial charge is 0.488 e. The highest BCUT2D eigenvalue weighted by Gasteiger charge is 2.29. The number of carbonyl (C=O) groups is 1. The topological polar surface area (TPSA) is 94.6 Å².